The molecule has 12 heteroatoms. The summed E-state index contributed by atoms with van der Waals surface area (Å²) in [6.07, 6.45) is 2.24. The highest BCUT2D eigenvalue weighted by Crippen LogP contribution is 2.35. The molecule has 0 radical (unpaired) electrons. The molecule has 2 N–H and O–H groups in total. The zero-order valence-electron chi connectivity index (χ0n) is 16.7. The van der Waals surface area contributed by atoms with Gasteiger partial charge in [0.25, 0.3) is 5.56 Å². The highest BCUT2D eigenvalue weighted by molar-refractivity contribution is 7.89. The van der Waals surface area contributed by atoms with E-state index in [1.54, 1.807) is 17.2 Å². The van der Waals surface area contributed by atoms with Crippen LogP contribution in [0.15, 0.2) is 58.9 Å². The molecule has 4 rings (SSSR count). The molecule has 1 aromatic carbocycles. The lowest BCUT2D eigenvalue weighted by molar-refractivity contribution is -0.137. The van der Waals surface area contributed by atoms with Crippen molar-refractivity contribution in [1.82, 2.24) is 24.5 Å². The number of pyridine rings is 1. The molecule has 2 unspecified atom stereocenters. The smallest absolute Gasteiger partial charge is 0.329 e. The minimum Gasteiger partial charge on any atom is -0.329 e. The number of nitrogens with zero attached hydrogens (tertiary/aromatic N) is 3. The molecule has 1 saturated carbocycles. The Labute approximate surface area is 181 Å². The summed E-state index contributed by atoms with van der Waals surface area (Å²) in [4.78, 5) is 13.9. The number of hydrogen-bond donors (Lipinski definition) is 2. The summed E-state index contributed by atoms with van der Waals surface area (Å²) >= 11 is 0. The van der Waals surface area contributed by atoms with Gasteiger partial charge in [-0.25, -0.2) is 13.1 Å². The molecule has 0 spiro atoms. The molecule has 0 aliphatic heterocycles. The van der Waals surface area contributed by atoms with Crippen molar-refractivity contribution in [3.63, 3.8) is 0 Å². The molecule has 0 bridgehead atoms. The predicted octanol–water partition coefficient (Wildman–Crippen LogP) is 3.11. The van der Waals surface area contributed by atoms with Crippen LogP contribution in [0.4, 0.5) is 13.2 Å². The Balaban J connectivity index is 1.67. The number of halogens is 3. The van der Waals surface area contributed by atoms with Gasteiger partial charge in [-0.05, 0) is 61.6 Å². The summed E-state index contributed by atoms with van der Waals surface area (Å²) in [7, 11) is -4.28. The number of aromatic amines is 1. The summed E-state index contributed by atoms with van der Waals surface area (Å²) in [5.41, 5.74) is -1.95. The van der Waals surface area contributed by atoms with Crippen molar-refractivity contribution in [3.8, 4) is 11.1 Å². The number of aromatic nitrogens is 4. The van der Waals surface area contributed by atoms with Crippen molar-refractivity contribution in [2.45, 2.75) is 48.8 Å². The van der Waals surface area contributed by atoms with Crippen molar-refractivity contribution in [1.29, 1.82) is 0 Å². The number of H-pyrrole nitrogens is 1. The van der Waals surface area contributed by atoms with Crippen LogP contribution in [0.2, 0.25) is 0 Å². The standard InChI is InChI=1S/C20H20F3N5O3S/c21-20(22,23)14-7-13(18-5-2-6-24-19(18)29)8-17(9-14)32(30,31)27-15-3-1-4-16(10-15)28-11-25-26-12-28/h2,5-9,11-12,15-16,27H,1,3-4,10H2,(H,24,29). The van der Waals surface area contributed by atoms with Gasteiger partial charge in [0.1, 0.15) is 12.7 Å². The molecule has 1 aliphatic carbocycles. The molecule has 1 fully saturated rings. The SMILES string of the molecule is O=c1[nH]cccc1-c1cc(C(F)(F)F)cc(S(=O)(=O)NC2CCCC(n3cnnc3)C2)c1. The molecule has 0 saturated heterocycles. The van der Waals surface area contributed by atoms with E-state index in [9.17, 15) is 26.4 Å². The average Bonchev–Trinajstić information content (AvgIpc) is 3.28. The van der Waals surface area contributed by atoms with Crippen LogP contribution < -0.4 is 10.3 Å². The first-order valence-electron chi connectivity index (χ1n) is 9.90. The van der Waals surface area contributed by atoms with Gasteiger partial charge < -0.3 is 9.55 Å². The normalized spacial score (nSPS) is 19.7. The molecular formula is C20H20F3N5O3S. The quantitative estimate of drug-likeness (QED) is 0.599. The topological polar surface area (TPSA) is 110 Å². The Morgan fingerprint density at radius 1 is 1.12 bits per heavy atom. The molecule has 32 heavy (non-hydrogen) atoms. The van der Waals surface area contributed by atoms with Crippen LogP contribution in [0, 0.1) is 0 Å². The number of sulfonamides is 1. The molecule has 2 heterocycles. The second-order valence-corrected chi connectivity index (χ2v) is 9.42. The minimum atomic E-state index is -4.79. The fourth-order valence-corrected chi connectivity index (χ4v) is 5.30. The Kier molecular flexibility index (Phi) is 5.91. The third kappa shape index (κ3) is 4.75. The lowest BCUT2D eigenvalue weighted by Crippen LogP contribution is -2.38. The van der Waals surface area contributed by atoms with Gasteiger partial charge in [-0.3, -0.25) is 4.79 Å². The number of nitrogens with one attached hydrogen (secondary N) is 2. The average molecular weight is 467 g/mol. The van der Waals surface area contributed by atoms with Gasteiger partial charge in [0.05, 0.1) is 10.5 Å². The maximum Gasteiger partial charge on any atom is 0.416 e. The lowest BCUT2D eigenvalue weighted by Gasteiger charge is -2.30. The van der Waals surface area contributed by atoms with E-state index in [0.29, 0.717) is 18.9 Å². The number of alkyl halides is 3. The van der Waals surface area contributed by atoms with Crippen LogP contribution in [0.3, 0.4) is 0 Å². The molecule has 3 aromatic rings. The van der Waals surface area contributed by atoms with Crippen molar-refractivity contribution in [3.05, 3.63) is 65.1 Å². The van der Waals surface area contributed by atoms with Crippen LogP contribution in [-0.2, 0) is 16.2 Å². The van der Waals surface area contributed by atoms with Gasteiger partial charge in [0.2, 0.25) is 10.0 Å². The maximum atomic E-state index is 13.5. The van der Waals surface area contributed by atoms with E-state index in [0.717, 1.165) is 25.0 Å². The molecular weight excluding hydrogens is 447 g/mol. The van der Waals surface area contributed by atoms with Gasteiger partial charge in [-0.2, -0.15) is 13.2 Å². The van der Waals surface area contributed by atoms with E-state index in [4.69, 9.17) is 0 Å². The minimum absolute atomic E-state index is 0.00796. The Hall–Kier alpha value is -2.99. The van der Waals surface area contributed by atoms with E-state index < -0.39 is 38.3 Å². The van der Waals surface area contributed by atoms with E-state index in [1.165, 1.54) is 18.3 Å². The lowest BCUT2D eigenvalue weighted by atomic mass is 9.91. The van der Waals surface area contributed by atoms with Gasteiger partial charge in [0.15, 0.2) is 0 Å². The van der Waals surface area contributed by atoms with Crippen LogP contribution >= 0.6 is 0 Å². The van der Waals surface area contributed by atoms with Crippen molar-refractivity contribution < 1.29 is 21.6 Å². The second kappa shape index (κ2) is 8.51. The van der Waals surface area contributed by atoms with Crippen molar-refractivity contribution in [2.75, 3.05) is 0 Å². The van der Waals surface area contributed by atoms with E-state index in [2.05, 4.69) is 19.9 Å². The van der Waals surface area contributed by atoms with E-state index in [-0.39, 0.29) is 17.2 Å². The first kappa shape index (κ1) is 22.2. The summed E-state index contributed by atoms with van der Waals surface area (Å²) in [5.74, 6) is 0. The maximum absolute atomic E-state index is 13.5. The van der Waals surface area contributed by atoms with Crippen LogP contribution in [0.5, 0.6) is 0 Å². The molecule has 2 aromatic heterocycles. The van der Waals surface area contributed by atoms with Crippen molar-refractivity contribution >= 4 is 10.0 Å². The Morgan fingerprint density at radius 2 is 1.88 bits per heavy atom. The summed E-state index contributed by atoms with van der Waals surface area (Å²) in [5, 5.41) is 7.53. The van der Waals surface area contributed by atoms with Crippen LogP contribution in [0.1, 0.15) is 37.3 Å². The first-order valence-corrected chi connectivity index (χ1v) is 11.4. The third-order valence-corrected chi connectivity index (χ3v) is 7.00. The number of benzene rings is 1. The summed E-state index contributed by atoms with van der Waals surface area (Å²) in [6, 6.07) is 4.77. The largest absolute Gasteiger partial charge is 0.416 e. The van der Waals surface area contributed by atoms with Crippen LogP contribution in [0.25, 0.3) is 11.1 Å². The van der Waals surface area contributed by atoms with Gasteiger partial charge in [-0.15, -0.1) is 10.2 Å². The molecule has 2 atom stereocenters. The highest BCUT2D eigenvalue weighted by atomic mass is 32.2. The zero-order chi connectivity index (χ0) is 22.9. The third-order valence-electron chi connectivity index (χ3n) is 5.50. The molecule has 0 amide bonds. The van der Waals surface area contributed by atoms with Gasteiger partial charge in [-0.1, -0.05) is 0 Å². The fraction of sp³-hybridized carbons (Fsp3) is 0.350. The van der Waals surface area contributed by atoms with Crippen molar-refractivity contribution in [2.24, 2.45) is 0 Å². The Morgan fingerprint density at radius 3 is 2.56 bits per heavy atom. The molecule has 170 valence electrons. The Bertz CT molecular complexity index is 1260. The van der Waals surface area contributed by atoms with E-state index >= 15 is 0 Å². The fourth-order valence-electron chi connectivity index (χ4n) is 3.95. The monoisotopic (exact) mass is 467 g/mol. The molecule has 8 nitrogen and oxygen atoms in total. The molecule has 1 aliphatic rings. The predicted molar refractivity (Wildman–Crippen MR) is 109 cm³/mol. The second-order valence-electron chi connectivity index (χ2n) is 7.70. The van der Waals surface area contributed by atoms with E-state index in [1.807, 2.05) is 0 Å². The summed E-state index contributed by atoms with van der Waals surface area (Å²) in [6.45, 7) is 0. The first-order chi connectivity index (χ1) is 15.1. The highest BCUT2D eigenvalue weighted by Gasteiger charge is 2.34. The van der Waals surface area contributed by atoms with Gasteiger partial charge >= 0.3 is 6.18 Å². The summed E-state index contributed by atoms with van der Waals surface area (Å²) < 4.78 is 70.9. The van der Waals surface area contributed by atoms with Crippen LogP contribution in [-0.4, -0.2) is 34.2 Å². The number of rotatable bonds is 5. The number of hydrogen-bond acceptors (Lipinski definition) is 5. The van der Waals surface area contributed by atoms with Gasteiger partial charge in [0, 0.05) is 23.8 Å². The zero-order valence-corrected chi connectivity index (χ0v) is 17.5.